The second-order valence-corrected chi connectivity index (χ2v) is 8.77. The van der Waals surface area contributed by atoms with Gasteiger partial charge in [-0.15, -0.1) is 11.8 Å². The summed E-state index contributed by atoms with van der Waals surface area (Å²) >= 11 is 1.67. The fourth-order valence-electron chi connectivity index (χ4n) is 4.54. The minimum Gasteiger partial charge on any atom is -0.486 e. The molecule has 0 spiro atoms. The molecule has 0 unspecified atom stereocenters. The Kier molecular flexibility index (Phi) is 4.93. The first-order chi connectivity index (χ1) is 13.8. The third-order valence-corrected chi connectivity index (χ3v) is 6.93. The first-order valence-electron chi connectivity index (χ1n) is 10.2. The van der Waals surface area contributed by atoms with E-state index in [1.807, 2.05) is 11.0 Å². The number of likely N-dealkylation sites (tertiary alicyclic amines) is 1. The number of aryl methyl sites for hydroxylation is 2. The molecule has 1 amide bonds. The predicted octanol–water partition coefficient (Wildman–Crippen LogP) is 4.40. The van der Waals surface area contributed by atoms with E-state index in [1.165, 1.54) is 35.3 Å². The van der Waals surface area contributed by atoms with Crippen molar-refractivity contribution in [3.8, 4) is 11.5 Å². The number of fused-ring (bicyclic) bond motifs is 2. The van der Waals surface area contributed by atoms with Gasteiger partial charge in [0.15, 0.2) is 11.5 Å². The van der Waals surface area contributed by atoms with E-state index in [-0.39, 0.29) is 11.9 Å². The number of ether oxygens (including phenoxy) is 2. The lowest BCUT2D eigenvalue weighted by molar-refractivity contribution is -0.129. The smallest absolute Gasteiger partial charge is 0.233 e. The van der Waals surface area contributed by atoms with E-state index >= 15 is 0 Å². The highest BCUT2D eigenvalue weighted by Crippen LogP contribution is 2.38. The Labute approximate surface area is 170 Å². The van der Waals surface area contributed by atoms with Crippen molar-refractivity contribution in [3.05, 3.63) is 53.1 Å². The SMILES string of the molecule is O=C(CSc1ccc2c(c1)CCC2)N1CCC[C@H]1c1ccc2c(c1)OCCO2. The first-order valence-corrected chi connectivity index (χ1v) is 11.2. The van der Waals surface area contributed by atoms with Crippen molar-refractivity contribution in [2.24, 2.45) is 0 Å². The van der Waals surface area contributed by atoms with E-state index in [9.17, 15) is 4.79 Å². The zero-order valence-electron chi connectivity index (χ0n) is 16.0. The summed E-state index contributed by atoms with van der Waals surface area (Å²) in [6.07, 6.45) is 5.69. The van der Waals surface area contributed by atoms with Crippen LogP contribution in [0.1, 0.15) is 42.0 Å². The molecule has 2 aromatic carbocycles. The number of thioether (sulfide) groups is 1. The maximum absolute atomic E-state index is 13.0. The van der Waals surface area contributed by atoms with Crippen molar-refractivity contribution < 1.29 is 14.3 Å². The summed E-state index contributed by atoms with van der Waals surface area (Å²) in [7, 11) is 0. The van der Waals surface area contributed by atoms with Crippen LogP contribution in [0.2, 0.25) is 0 Å². The van der Waals surface area contributed by atoms with Crippen LogP contribution >= 0.6 is 11.8 Å². The van der Waals surface area contributed by atoms with Crippen molar-refractivity contribution in [1.82, 2.24) is 4.90 Å². The molecule has 5 rings (SSSR count). The summed E-state index contributed by atoms with van der Waals surface area (Å²) in [5, 5.41) is 0. The van der Waals surface area contributed by atoms with Crippen LogP contribution in [0.15, 0.2) is 41.3 Å². The highest BCUT2D eigenvalue weighted by atomic mass is 32.2. The number of hydrogen-bond acceptors (Lipinski definition) is 4. The molecule has 1 aliphatic carbocycles. The van der Waals surface area contributed by atoms with Gasteiger partial charge in [0.1, 0.15) is 13.2 Å². The van der Waals surface area contributed by atoms with Gasteiger partial charge in [-0.1, -0.05) is 12.1 Å². The average Bonchev–Trinajstić information content (AvgIpc) is 3.40. The molecular weight excluding hydrogens is 370 g/mol. The number of amides is 1. The van der Waals surface area contributed by atoms with Gasteiger partial charge in [0.05, 0.1) is 11.8 Å². The zero-order valence-corrected chi connectivity index (χ0v) is 16.8. The molecule has 1 saturated heterocycles. The lowest BCUT2D eigenvalue weighted by Crippen LogP contribution is -2.32. The monoisotopic (exact) mass is 395 g/mol. The van der Waals surface area contributed by atoms with Gasteiger partial charge in [0, 0.05) is 11.4 Å². The number of rotatable bonds is 4. The van der Waals surface area contributed by atoms with Gasteiger partial charge in [-0.2, -0.15) is 0 Å². The third kappa shape index (κ3) is 3.48. The van der Waals surface area contributed by atoms with E-state index in [2.05, 4.69) is 30.3 Å². The number of benzene rings is 2. The fraction of sp³-hybridized carbons (Fsp3) is 0.435. The van der Waals surface area contributed by atoms with E-state index in [1.54, 1.807) is 11.8 Å². The Morgan fingerprint density at radius 2 is 1.86 bits per heavy atom. The molecule has 4 nitrogen and oxygen atoms in total. The topological polar surface area (TPSA) is 38.8 Å². The zero-order chi connectivity index (χ0) is 18.9. The van der Waals surface area contributed by atoms with E-state index < -0.39 is 0 Å². The van der Waals surface area contributed by atoms with Crippen LogP contribution in [0.5, 0.6) is 11.5 Å². The fourth-order valence-corrected chi connectivity index (χ4v) is 5.39. The summed E-state index contributed by atoms with van der Waals surface area (Å²) in [4.78, 5) is 16.2. The molecule has 5 heteroatoms. The van der Waals surface area contributed by atoms with E-state index in [4.69, 9.17) is 9.47 Å². The van der Waals surface area contributed by atoms with Gasteiger partial charge in [0.25, 0.3) is 0 Å². The third-order valence-electron chi connectivity index (χ3n) is 5.96. The van der Waals surface area contributed by atoms with Crippen LogP contribution in [-0.2, 0) is 17.6 Å². The van der Waals surface area contributed by atoms with Crippen molar-refractivity contribution in [3.63, 3.8) is 0 Å². The summed E-state index contributed by atoms with van der Waals surface area (Å²) in [5.41, 5.74) is 4.10. The number of hydrogen-bond donors (Lipinski definition) is 0. The maximum atomic E-state index is 13.0. The minimum atomic E-state index is 0.143. The maximum Gasteiger partial charge on any atom is 0.233 e. The summed E-state index contributed by atoms with van der Waals surface area (Å²) < 4.78 is 11.4. The van der Waals surface area contributed by atoms with Crippen LogP contribution in [0.4, 0.5) is 0 Å². The lowest BCUT2D eigenvalue weighted by Gasteiger charge is -2.26. The van der Waals surface area contributed by atoms with Crippen molar-refractivity contribution in [2.75, 3.05) is 25.5 Å². The lowest BCUT2D eigenvalue weighted by atomic mass is 10.0. The van der Waals surface area contributed by atoms with Gasteiger partial charge in [0.2, 0.25) is 5.91 Å². The van der Waals surface area contributed by atoms with Crippen LogP contribution in [0, 0.1) is 0 Å². The molecule has 0 aromatic heterocycles. The molecule has 146 valence electrons. The van der Waals surface area contributed by atoms with Gasteiger partial charge >= 0.3 is 0 Å². The molecule has 0 saturated carbocycles. The molecule has 1 fully saturated rings. The predicted molar refractivity (Wildman–Crippen MR) is 110 cm³/mol. The molecule has 2 aromatic rings. The van der Waals surface area contributed by atoms with Crippen molar-refractivity contribution in [1.29, 1.82) is 0 Å². The molecular formula is C23H25NO3S. The Morgan fingerprint density at radius 1 is 1.00 bits per heavy atom. The second-order valence-electron chi connectivity index (χ2n) is 7.72. The minimum absolute atomic E-state index is 0.143. The number of carbonyl (C=O) groups is 1. The van der Waals surface area contributed by atoms with Gasteiger partial charge in [-0.3, -0.25) is 4.79 Å². The van der Waals surface area contributed by atoms with Crippen LogP contribution in [0.25, 0.3) is 0 Å². The van der Waals surface area contributed by atoms with Crippen LogP contribution < -0.4 is 9.47 Å². The van der Waals surface area contributed by atoms with Crippen LogP contribution in [-0.4, -0.2) is 36.3 Å². The Hall–Kier alpha value is -2.14. The van der Waals surface area contributed by atoms with E-state index in [0.717, 1.165) is 36.4 Å². The molecule has 28 heavy (non-hydrogen) atoms. The molecule has 0 N–H and O–H groups in total. The highest BCUT2D eigenvalue weighted by molar-refractivity contribution is 8.00. The Bertz CT molecular complexity index is 897. The molecule has 3 aliphatic rings. The average molecular weight is 396 g/mol. The Balaban J connectivity index is 1.26. The highest BCUT2D eigenvalue weighted by Gasteiger charge is 2.30. The van der Waals surface area contributed by atoms with Gasteiger partial charge < -0.3 is 14.4 Å². The normalized spacial score (nSPS) is 20.3. The summed E-state index contributed by atoms with van der Waals surface area (Å²) in [6, 6.07) is 12.9. The van der Waals surface area contributed by atoms with Gasteiger partial charge in [-0.25, -0.2) is 0 Å². The quantitative estimate of drug-likeness (QED) is 0.719. The van der Waals surface area contributed by atoms with E-state index in [0.29, 0.717) is 19.0 Å². The molecule has 0 radical (unpaired) electrons. The van der Waals surface area contributed by atoms with Gasteiger partial charge in [-0.05, 0) is 73.1 Å². The van der Waals surface area contributed by atoms with Crippen molar-refractivity contribution in [2.45, 2.75) is 43.0 Å². The molecule has 2 aliphatic heterocycles. The number of carbonyl (C=O) groups excluding carboxylic acids is 1. The first kappa shape index (κ1) is 17.9. The second kappa shape index (κ2) is 7.70. The Morgan fingerprint density at radius 3 is 2.79 bits per heavy atom. The standard InChI is InChI=1S/C23H25NO3S/c25-23(15-28-19-8-6-16-3-1-4-17(16)13-19)24-10-2-5-20(24)18-7-9-21-22(14-18)27-12-11-26-21/h6-9,13-14,20H,1-5,10-12,15H2/t20-/m0/s1. The largest absolute Gasteiger partial charge is 0.486 e. The molecule has 1 atom stereocenters. The molecule has 0 bridgehead atoms. The summed E-state index contributed by atoms with van der Waals surface area (Å²) in [5.74, 6) is 2.33. The summed E-state index contributed by atoms with van der Waals surface area (Å²) in [6.45, 7) is 2.02. The number of nitrogens with zero attached hydrogens (tertiary/aromatic N) is 1. The van der Waals surface area contributed by atoms with Crippen molar-refractivity contribution >= 4 is 17.7 Å². The van der Waals surface area contributed by atoms with Crippen LogP contribution in [0.3, 0.4) is 0 Å². The molecule has 2 heterocycles.